The van der Waals surface area contributed by atoms with Crippen molar-refractivity contribution in [3.63, 3.8) is 0 Å². The third-order valence-electron chi connectivity index (χ3n) is 3.81. The molecule has 1 fully saturated rings. The summed E-state index contributed by atoms with van der Waals surface area (Å²) in [7, 11) is 0. The second-order valence-corrected chi connectivity index (χ2v) is 5.34. The zero-order chi connectivity index (χ0) is 13.1. The van der Waals surface area contributed by atoms with E-state index in [9.17, 15) is 0 Å². The van der Waals surface area contributed by atoms with Crippen molar-refractivity contribution in [3.8, 4) is 0 Å². The van der Waals surface area contributed by atoms with E-state index >= 15 is 0 Å². The van der Waals surface area contributed by atoms with Crippen LogP contribution in [0.5, 0.6) is 0 Å². The van der Waals surface area contributed by atoms with Gasteiger partial charge in [-0.15, -0.1) is 0 Å². The SMILES string of the molecule is Cc1cc(NCCC2CCCN2)c2ccccc2n1. The van der Waals surface area contributed by atoms with Crippen LogP contribution in [0.4, 0.5) is 5.69 Å². The normalized spacial score (nSPS) is 18.9. The van der Waals surface area contributed by atoms with E-state index < -0.39 is 0 Å². The van der Waals surface area contributed by atoms with Gasteiger partial charge in [-0.05, 0) is 44.9 Å². The molecule has 0 spiro atoms. The Hall–Kier alpha value is -1.61. The molecule has 100 valence electrons. The fourth-order valence-electron chi connectivity index (χ4n) is 2.84. The van der Waals surface area contributed by atoms with Gasteiger partial charge < -0.3 is 10.6 Å². The summed E-state index contributed by atoms with van der Waals surface area (Å²) in [6, 6.07) is 11.2. The third-order valence-corrected chi connectivity index (χ3v) is 3.81. The molecule has 2 N–H and O–H groups in total. The molecule has 3 heteroatoms. The molecular weight excluding hydrogens is 234 g/mol. The van der Waals surface area contributed by atoms with Crippen LogP contribution in [-0.2, 0) is 0 Å². The molecule has 2 aromatic rings. The van der Waals surface area contributed by atoms with Gasteiger partial charge in [0.1, 0.15) is 0 Å². The molecule has 1 aromatic heterocycles. The highest BCUT2D eigenvalue weighted by Crippen LogP contribution is 2.23. The highest BCUT2D eigenvalue weighted by Gasteiger charge is 2.13. The van der Waals surface area contributed by atoms with E-state index in [1.54, 1.807) is 0 Å². The standard InChI is InChI=1S/C16H21N3/c1-12-11-16(14-6-2-3-7-15(14)19-12)18-10-8-13-5-4-9-17-13/h2-3,6-7,11,13,17H,4-5,8-10H2,1H3,(H,18,19). The van der Waals surface area contributed by atoms with Crippen molar-refractivity contribution in [3.05, 3.63) is 36.0 Å². The van der Waals surface area contributed by atoms with Crippen molar-refractivity contribution in [2.45, 2.75) is 32.2 Å². The predicted octanol–water partition coefficient (Wildman–Crippen LogP) is 3.10. The van der Waals surface area contributed by atoms with Crippen LogP contribution in [0.2, 0.25) is 0 Å². The summed E-state index contributed by atoms with van der Waals surface area (Å²) in [4.78, 5) is 4.57. The van der Waals surface area contributed by atoms with Crippen LogP contribution < -0.4 is 10.6 Å². The molecule has 0 aliphatic carbocycles. The van der Waals surface area contributed by atoms with Crippen LogP contribution in [-0.4, -0.2) is 24.1 Å². The average Bonchev–Trinajstić information content (AvgIpc) is 2.91. The highest BCUT2D eigenvalue weighted by atomic mass is 15.0. The summed E-state index contributed by atoms with van der Waals surface area (Å²) >= 11 is 0. The minimum atomic E-state index is 0.696. The number of aromatic nitrogens is 1. The van der Waals surface area contributed by atoms with Crippen molar-refractivity contribution >= 4 is 16.6 Å². The quantitative estimate of drug-likeness (QED) is 0.881. The van der Waals surface area contributed by atoms with Gasteiger partial charge in [-0.3, -0.25) is 4.98 Å². The van der Waals surface area contributed by atoms with Gasteiger partial charge in [0, 0.05) is 29.4 Å². The summed E-state index contributed by atoms with van der Waals surface area (Å²) in [5, 5.41) is 8.33. The maximum absolute atomic E-state index is 4.57. The maximum Gasteiger partial charge on any atom is 0.0725 e. The number of benzene rings is 1. The molecule has 1 unspecified atom stereocenters. The fourth-order valence-corrected chi connectivity index (χ4v) is 2.84. The first kappa shape index (κ1) is 12.4. The van der Waals surface area contributed by atoms with Gasteiger partial charge in [0.05, 0.1) is 5.52 Å². The number of nitrogens with one attached hydrogen (secondary N) is 2. The number of nitrogens with zero attached hydrogens (tertiary/aromatic N) is 1. The van der Waals surface area contributed by atoms with Crippen LogP contribution in [0.1, 0.15) is 25.0 Å². The molecule has 3 nitrogen and oxygen atoms in total. The van der Waals surface area contributed by atoms with Gasteiger partial charge >= 0.3 is 0 Å². The van der Waals surface area contributed by atoms with Crippen molar-refractivity contribution in [2.24, 2.45) is 0 Å². The summed E-state index contributed by atoms with van der Waals surface area (Å²) in [6.45, 7) is 4.25. The zero-order valence-corrected chi connectivity index (χ0v) is 11.4. The Kier molecular flexibility index (Phi) is 3.65. The number of hydrogen-bond acceptors (Lipinski definition) is 3. The fraction of sp³-hybridized carbons (Fsp3) is 0.438. The maximum atomic E-state index is 4.57. The molecule has 0 bridgehead atoms. The first-order valence-electron chi connectivity index (χ1n) is 7.16. The molecule has 1 aromatic carbocycles. The molecule has 19 heavy (non-hydrogen) atoms. The Morgan fingerprint density at radius 1 is 1.37 bits per heavy atom. The van der Waals surface area contributed by atoms with Crippen molar-refractivity contribution in [1.29, 1.82) is 0 Å². The number of hydrogen-bond donors (Lipinski definition) is 2. The third kappa shape index (κ3) is 2.87. The van der Waals surface area contributed by atoms with E-state index in [0.717, 1.165) is 17.8 Å². The van der Waals surface area contributed by atoms with E-state index in [2.05, 4.69) is 46.8 Å². The smallest absolute Gasteiger partial charge is 0.0725 e. The number of para-hydroxylation sites is 1. The Morgan fingerprint density at radius 2 is 2.26 bits per heavy atom. The van der Waals surface area contributed by atoms with Crippen molar-refractivity contribution in [1.82, 2.24) is 10.3 Å². The molecule has 0 amide bonds. The second kappa shape index (κ2) is 5.57. The molecule has 1 aliphatic rings. The largest absolute Gasteiger partial charge is 0.384 e. The lowest BCUT2D eigenvalue weighted by molar-refractivity contribution is 0.574. The number of rotatable bonds is 4. The topological polar surface area (TPSA) is 37.0 Å². The van der Waals surface area contributed by atoms with Gasteiger partial charge in [0.15, 0.2) is 0 Å². The van der Waals surface area contributed by atoms with Gasteiger partial charge in [-0.2, -0.15) is 0 Å². The molecule has 2 heterocycles. The van der Waals surface area contributed by atoms with Crippen LogP contribution >= 0.6 is 0 Å². The number of pyridine rings is 1. The van der Waals surface area contributed by atoms with E-state index in [4.69, 9.17) is 0 Å². The predicted molar refractivity (Wildman–Crippen MR) is 80.6 cm³/mol. The second-order valence-electron chi connectivity index (χ2n) is 5.34. The minimum absolute atomic E-state index is 0.696. The summed E-state index contributed by atoms with van der Waals surface area (Å²) in [6.07, 6.45) is 3.83. The van der Waals surface area contributed by atoms with E-state index in [1.165, 1.54) is 36.9 Å². The summed E-state index contributed by atoms with van der Waals surface area (Å²) < 4.78 is 0. The van der Waals surface area contributed by atoms with E-state index in [-0.39, 0.29) is 0 Å². The lowest BCUT2D eigenvalue weighted by Gasteiger charge is -2.13. The Bertz CT molecular complexity index is 559. The zero-order valence-electron chi connectivity index (χ0n) is 11.4. The van der Waals surface area contributed by atoms with Crippen LogP contribution in [0.3, 0.4) is 0 Å². The first-order valence-corrected chi connectivity index (χ1v) is 7.16. The van der Waals surface area contributed by atoms with Gasteiger partial charge in [-0.25, -0.2) is 0 Å². The Balaban J connectivity index is 1.72. The Labute approximate surface area is 114 Å². The molecule has 1 saturated heterocycles. The van der Waals surface area contributed by atoms with E-state index in [0.29, 0.717) is 6.04 Å². The summed E-state index contributed by atoms with van der Waals surface area (Å²) in [5.41, 5.74) is 3.35. The molecule has 0 saturated carbocycles. The molecular formula is C16H21N3. The van der Waals surface area contributed by atoms with Crippen LogP contribution in [0.15, 0.2) is 30.3 Å². The first-order chi connectivity index (χ1) is 9.33. The van der Waals surface area contributed by atoms with Gasteiger partial charge in [0.25, 0.3) is 0 Å². The Morgan fingerprint density at radius 3 is 3.11 bits per heavy atom. The molecule has 0 radical (unpaired) electrons. The van der Waals surface area contributed by atoms with Crippen molar-refractivity contribution in [2.75, 3.05) is 18.4 Å². The van der Waals surface area contributed by atoms with Gasteiger partial charge in [0.2, 0.25) is 0 Å². The van der Waals surface area contributed by atoms with Crippen LogP contribution in [0.25, 0.3) is 10.9 Å². The van der Waals surface area contributed by atoms with Crippen LogP contribution in [0, 0.1) is 6.92 Å². The van der Waals surface area contributed by atoms with Crippen molar-refractivity contribution < 1.29 is 0 Å². The van der Waals surface area contributed by atoms with E-state index in [1.807, 2.05) is 6.07 Å². The van der Waals surface area contributed by atoms with Gasteiger partial charge in [-0.1, -0.05) is 18.2 Å². The lowest BCUT2D eigenvalue weighted by atomic mass is 10.1. The average molecular weight is 255 g/mol. The number of anilines is 1. The molecule has 1 aliphatic heterocycles. The highest BCUT2D eigenvalue weighted by molar-refractivity contribution is 5.91. The number of aryl methyl sites for hydroxylation is 1. The molecule has 1 atom stereocenters. The monoisotopic (exact) mass is 255 g/mol. The minimum Gasteiger partial charge on any atom is -0.384 e. The summed E-state index contributed by atoms with van der Waals surface area (Å²) in [5.74, 6) is 0. The lowest BCUT2D eigenvalue weighted by Crippen LogP contribution is -2.24. The number of fused-ring (bicyclic) bond motifs is 1. The molecule has 3 rings (SSSR count).